The molecule has 4 heteroatoms. The Morgan fingerprint density at radius 3 is 1.75 bits per heavy atom. The van der Waals surface area contributed by atoms with Crippen molar-refractivity contribution in [2.24, 2.45) is 0 Å². The molecule has 0 N–H and O–H groups in total. The largest absolute Gasteiger partial charge is 2.00 e. The number of rotatable bonds is 0. The van der Waals surface area contributed by atoms with Crippen molar-refractivity contribution in [1.82, 2.24) is 0 Å². The van der Waals surface area contributed by atoms with E-state index >= 15 is 0 Å². The standard InChI is InChI=1S/C4H8NO.ClH.Mg/c1-3-6-4-2-5-1;;/h1-4H2;1H;/q-1;;+2/p-1. The first-order valence-corrected chi connectivity index (χ1v) is 2.21. The Hall–Kier alpha value is 0.976. The Morgan fingerprint density at radius 1 is 1.12 bits per heavy atom. The zero-order valence-corrected chi connectivity index (χ0v) is 6.94. The van der Waals surface area contributed by atoms with Gasteiger partial charge < -0.3 is 22.5 Å². The summed E-state index contributed by atoms with van der Waals surface area (Å²) in [4.78, 5) is 0. The molecule has 0 amide bonds. The fourth-order valence-corrected chi connectivity index (χ4v) is 0.472. The van der Waals surface area contributed by atoms with E-state index in [9.17, 15) is 0 Å². The molecule has 0 spiro atoms. The summed E-state index contributed by atoms with van der Waals surface area (Å²) >= 11 is 0. The minimum Gasteiger partial charge on any atom is -1.00 e. The average molecular weight is 146 g/mol. The third-order valence-corrected chi connectivity index (χ3v) is 0.787. The van der Waals surface area contributed by atoms with Crippen molar-refractivity contribution >= 4 is 23.1 Å². The number of hydrogen-bond donors (Lipinski definition) is 0. The van der Waals surface area contributed by atoms with Crippen molar-refractivity contribution in [3.63, 3.8) is 0 Å². The fraction of sp³-hybridized carbons (Fsp3) is 1.00. The molecule has 1 aliphatic rings. The Balaban J connectivity index is 0. The third kappa shape index (κ3) is 5.12. The fourth-order valence-electron chi connectivity index (χ4n) is 0.472. The normalized spacial score (nSPS) is 18.0. The predicted molar refractivity (Wildman–Crippen MR) is 29.7 cm³/mol. The molecular formula is C4H8ClMgNO. The molecular weight excluding hydrogens is 138 g/mol. The molecule has 8 heavy (non-hydrogen) atoms. The summed E-state index contributed by atoms with van der Waals surface area (Å²) in [5, 5.41) is 4.05. The van der Waals surface area contributed by atoms with Crippen LogP contribution in [0.1, 0.15) is 0 Å². The number of nitrogens with zero attached hydrogens (tertiary/aromatic N) is 1. The van der Waals surface area contributed by atoms with Gasteiger partial charge in [0.15, 0.2) is 0 Å². The van der Waals surface area contributed by atoms with Gasteiger partial charge in [-0.15, -0.1) is 13.1 Å². The molecule has 1 saturated heterocycles. The first-order chi connectivity index (χ1) is 3.00. The van der Waals surface area contributed by atoms with Gasteiger partial charge in [0.05, 0.1) is 0 Å². The molecule has 1 heterocycles. The first kappa shape index (κ1) is 11.7. The summed E-state index contributed by atoms with van der Waals surface area (Å²) in [6, 6.07) is 0. The zero-order valence-electron chi connectivity index (χ0n) is 4.77. The Morgan fingerprint density at radius 2 is 1.62 bits per heavy atom. The van der Waals surface area contributed by atoms with Gasteiger partial charge in [-0.3, -0.25) is 0 Å². The quantitative estimate of drug-likeness (QED) is 0.334. The van der Waals surface area contributed by atoms with Gasteiger partial charge >= 0.3 is 23.1 Å². The molecule has 0 atom stereocenters. The summed E-state index contributed by atoms with van der Waals surface area (Å²) in [6.07, 6.45) is 0. The summed E-state index contributed by atoms with van der Waals surface area (Å²) in [6.45, 7) is 3.47. The second kappa shape index (κ2) is 7.98. The van der Waals surface area contributed by atoms with E-state index in [1.54, 1.807) is 0 Å². The van der Waals surface area contributed by atoms with E-state index in [0.717, 1.165) is 26.3 Å². The summed E-state index contributed by atoms with van der Waals surface area (Å²) < 4.78 is 4.98. The monoisotopic (exact) mass is 145 g/mol. The van der Waals surface area contributed by atoms with Gasteiger partial charge in [0, 0.05) is 13.2 Å². The van der Waals surface area contributed by atoms with E-state index in [0.29, 0.717) is 0 Å². The van der Waals surface area contributed by atoms with Gasteiger partial charge in [0.1, 0.15) is 0 Å². The van der Waals surface area contributed by atoms with Crippen LogP contribution >= 0.6 is 0 Å². The number of halogens is 1. The van der Waals surface area contributed by atoms with Gasteiger partial charge in [0.2, 0.25) is 0 Å². The molecule has 0 saturated carbocycles. The van der Waals surface area contributed by atoms with Crippen molar-refractivity contribution in [3.8, 4) is 0 Å². The van der Waals surface area contributed by atoms with E-state index in [1.807, 2.05) is 0 Å². The Labute approximate surface area is 71.9 Å². The number of hydrogen-bond acceptors (Lipinski definition) is 1. The molecule has 1 rings (SSSR count). The Kier molecular flexibility index (Phi) is 11.7. The minimum atomic E-state index is 0. The summed E-state index contributed by atoms with van der Waals surface area (Å²) in [5.41, 5.74) is 0. The van der Waals surface area contributed by atoms with Crippen LogP contribution in [0.4, 0.5) is 0 Å². The van der Waals surface area contributed by atoms with E-state index in [2.05, 4.69) is 5.32 Å². The molecule has 44 valence electrons. The van der Waals surface area contributed by atoms with Crippen LogP contribution in [-0.2, 0) is 4.74 Å². The van der Waals surface area contributed by atoms with E-state index in [4.69, 9.17) is 4.74 Å². The van der Waals surface area contributed by atoms with Crippen molar-refractivity contribution in [3.05, 3.63) is 5.32 Å². The van der Waals surface area contributed by atoms with Gasteiger partial charge in [-0.05, 0) is 0 Å². The van der Waals surface area contributed by atoms with Gasteiger partial charge in [-0.1, -0.05) is 0 Å². The molecule has 1 aliphatic heterocycles. The van der Waals surface area contributed by atoms with Crippen LogP contribution in [0.3, 0.4) is 0 Å². The summed E-state index contributed by atoms with van der Waals surface area (Å²) in [7, 11) is 0. The third-order valence-electron chi connectivity index (χ3n) is 0.787. The van der Waals surface area contributed by atoms with Crippen molar-refractivity contribution in [1.29, 1.82) is 0 Å². The van der Waals surface area contributed by atoms with Gasteiger partial charge in [-0.25, -0.2) is 0 Å². The second-order valence-electron chi connectivity index (χ2n) is 1.28. The van der Waals surface area contributed by atoms with Crippen LogP contribution in [0.5, 0.6) is 0 Å². The molecule has 0 unspecified atom stereocenters. The van der Waals surface area contributed by atoms with E-state index < -0.39 is 0 Å². The van der Waals surface area contributed by atoms with Crippen LogP contribution < -0.4 is 12.4 Å². The Bertz CT molecular complexity index is 31.5. The molecule has 0 aromatic rings. The molecule has 0 aromatic carbocycles. The van der Waals surface area contributed by atoms with Crippen LogP contribution in [0.2, 0.25) is 0 Å². The zero-order chi connectivity index (χ0) is 4.24. The van der Waals surface area contributed by atoms with Crippen LogP contribution in [0, 0.1) is 0 Å². The van der Waals surface area contributed by atoms with Crippen molar-refractivity contribution < 1.29 is 17.1 Å². The average Bonchev–Trinajstić information content (AvgIpc) is 1.72. The predicted octanol–water partition coefficient (Wildman–Crippen LogP) is -2.99. The molecule has 0 aliphatic carbocycles. The second-order valence-corrected chi connectivity index (χ2v) is 1.28. The molecule has 2 nitrogen and oxygen atoms in total. The topological polar surface area (TPSA) is 23.3 Å². The van der Waals surface area contributed by atoms with Crippen molar-refractivity contribution in [2.45, 2.75) is 0 Å². The van der Waals surface area contributed by atoms with Crippen molar-refractivity contribution in [2.75, 3.05) is 26.3 Å². The maximum absolute atomic E-state index is 4.98. The molecule has 0 bridgehead atoms. The van der Waals surface area contributed by atoms with Gasteiger partial charge in [-0.2, -0.15) is 0 Å². The van der Waals surface area contributed by atoms with Crippen LogP contribution in [0.25, 0.3) is 5.32 Å². The minimum absolute atomic E-state index is 0. The maximum atomic E-state index is 4.98. The van der Waals surface area contributed by atoms with E-state index in [-0.39, 0.29) is 35.5 Å². The molecule has 0 radical (unpaired) electrons. The SMILES string of the molecule is C1COCC[N-]1.[Cl-].[Mg+2]. The first-order valence-electron chi connectivity index (χ1n) is 2.21. The molecule has 1 fully saturated rings. The van der Waals surface area contributed by atoms with E-state index in [1.165, 1.54) is 0 Å². The van der Waals surface area contributed by atoms with Crippen LogP contribution in [-0.4, -0.2) is 49.4 Å². The van der Waals surface area contributed by atoms with Crippen LogP contribution in [0.15, 0.2) is 0 Å². The molecule has 0 aromatic heterocycles. The number of ether oxygens (including phenoxy) is 1. The smallest absolute Gasteiger partial charge is 1.00 e. The maximum Gasteiger partial charge on any atom is 2.00 e. The van der Waals surface area contributed by atoms with Gasteiger partial charge in [0.25, 0.3) is 0 Å². The number of morpholine rings is 1. The summed E-state index contributed by atoms with van der Waals surface area (Å²) in [5.74, 6) is 0.